The second-order valence-corrected chi connectivity index (χ2v) is 10.0. The van der Waals surface area contributed by atoms with E-state index in [1.807, 2.05) is 6.92 Å². The summed E-state index contributed by atoms with van der Waals surface area (Å²) in [5, 5.41) is 13.6. The third-order valence-electron chi connectivity index (χ3n) is 5.97. The van der Waals surface area contributed by atoms with Crippen LogP contribution >= 0.6 is 0 Å². The lowest BCUT2D eigenvalue weighted by Gasteiger charge is -2.60. The Hall–Kier alpha value is -1.60. The minimum atomic E-state index is -3.90. The molecule has 4 aliphatic rings. The predicted octanol–water partition coefficient (Wildman–Crippen LogP) is 2.07. The van der Waals surface area contributed by atoms with E-state index in [-0.39, 0.29) is 4.90 Å². The normalized spacial score (nSPS) is 36.2. The molecule has 1 aromatic rings. The number of urea groups is 1. The van der Waals surface area contributed by atoms with Gasteiger partial charge in [0.05, 0.1) is 10.5 Å². The summed E-state index contributed by atoms with van der Waals surface area (Å²) in [6.45, 7) is 1.87. The number of carbonyl (C=O) groups excluding carboxylic acids is 1. The average Bonchev–Trinajstić information content (AvgIpc) is 2.43. The Bertz CT molecular complexity index is 789. The van der Waals surface area contributed by atoms with Crippen molar-refractivity contribution in [1.29, 1.82) is 0 Å². The Morgan fingerprint density at radius 3 is 2.28 bits per heavy atom. The number of amides is 2. The van der Waals surface area contributed by atoms with Crippen molar-refractivity contribution in [3.8, 4) is 0 Å². The molecule has 0 saturated heterocycles. The molecule has 4 fully saturated rings. The van der Waals surface area contributed by atoms with Gasteiger partial charge < -0.3 is 10.4 Å². The number of aliphatic hydroxyl groups is 1. The zero-order valence-electron chi connectivity index (χ0n) is 14.3. The van der Waals surface area contributed by atoms with Crippen LogP contribution in [0, 0.1) is 18.8 Å². The number of benzene rings is 1. The Balaban J connectivity index is 1.48. The van der Waals surface area contributed by atoms with Gasteiger partial charge in [0.25, 0.3) is 10.0 Å². The third-order valence-corrected chi connectivity index (χ3v) is 7.31. The minimum absolute atomic E-state index is 0.0670. The molecule has 136 valence electrons. The summed E-state index contributed by atoms with van der Waals surface area (Å²) < 4.78 is 26.9. The van der Waals surface area contributed by atoms with Crippen LogP contribution < -0.4 is 10.0 Å². The van der Waals surface area contributed by atoms with E-state index in [0.29, 0.717) is 18.3 Å². The summed E-state index contributed by atoms with van der Waals surface area (Å²) in [7, 11) is -3.90. The molecule has 4 aliphatic carbocycles. The Kier molecular flexibility index (Phi) is 3.67. The fourth-order valence-corrected chi connectivity index (χ4v) is 6.43. The van der Waals surface area contributed by atoms with E-state index in [1.54, 1.807) is 12.1 Å². The van der Waals surface area contributed by atoms with Crippen LogP contribution in [0.2, 0.25) is 0 Å². The van der Waals surface area contributed by atoms with E-state index in [4.69, 9.17) is 0 Å². The van der Waals surface area contributed by atoms with Gasteiger partial charge in [-0.3, -0.25) is 0 Å². The standard InChI is InChI=1S/C18H24N2O4S/c1-12-2-4-15(5-3-12)25(23,24)20-16(21)19-17-7-13-6-14(8-17)10-18(22,9-13)11-17/h2-5,13-14,22H,6-11H2,1H3,(H2,19,20,21)/t13-,14+,17+,18-. The lowest BCUT2D eigenvalue weighted by Crippen LogP contribution is -2.66. The van der Waals surface area contributed by atoms with E-state index >= 15 is 0 Å². The summed E-state index contributed by atoms with van der Waals surface area (Å²) in [4.78, 5) is 12.5. The van der Waals surface area contributed by atoms with Gasteiger partial charge >= 0.3 is 6.03 Å². The van der Waals surface area contributed by atoms with Crippen molar-refractivity contribution in [2.75, 3.05) is 0 Å². The molecule has 3 N–H and O–H groups in total. The molecule has 4 saturated carbocycles. The predicted molar refractivity (Wildman–Crippen MR) is 92.4 cm³/mol. The highest BCUT2D eigenvalue weighted by Crippen LogP contribution is 2.57. The first-order valence-electron chi connectivity index (χ1n) is 8.81. The molecule has 6 nitrogen and oxygen atoms in total. The molecule has 0 radical (unpaired) electrons. The third kappa shape index (κ3) is 3.15. The molecule has 5 rings (SSSR count). The lowest BCUT2D eigenvalue weighted by molar-refractivity contribution is -0.139. The van der Waals surface area contributed by atoms with Crippen LogP contribution in [0.3, 0.4) is 0 Å². The van der Waals surface area contributed by atoms with Crippen LogP contribution in [0.4, 0.5) is 4.79 Å². The van der Waals surface area contributed by atoms with Gasteiger partial charge in [0.2, 0.25) is 0 Å². The molecule has 2 amide bonds. The van der Waals surface area contributed by atoms with Crippen molar-refractivity contribution in [2.45, 2.75) is 61.5 Å². The van der Waals surface area contributed by atoms with Gasteiger partial charge in [-0.05, 0) is 69.4 Å². The number of nitrogens with one attached hydrogen (secondary N) is 2. The van der Waals surface area contributed by atoms with Crippen molar-refractivity contribution in [1.82, 2.24) is 10.0 Å². The molecular formula is C18H24N2O4S. The van der Waals surface area contributed by atoms with E-state index in [2.05, 4.69) is 10.0 Å². The minimum Gasteiger partial charge on any atom is -0.390 e. The van der Waals surface area contributed by atoms with Gasteiger partial charge in [0.15, 0.2) is 0 Å². The van der Waals surface area contributed by atoms with E-state index in [9.17, 15) is 18.3 Å². The molecule has 0 aliphatic heterocycles. The zero-order valence-corrected chi connectivity index (χ0v) is 15.1. The van der Waals surface area contributed by atoms with Gasteiger partial charge in [0, 0.05) is 5.54 Å². The SMILES string of the molecule is Cc1ccc(S(=O)(=O)NC(=O)N[C@@]23C[C@@H]4C[C@@H](C[C@@](O)(C4)C2)C3)cc1. The van der Waals surface area contributed by atoms with Gasteiger partial charge in [-0.1, -0.05) is 17.7 Å². The number of carbonyl (C=O) groups is 1. The van der Waals surface area contributed by atoms with Gasteiger partial charge in [-0.25, -0.2) is 17.9 Å². The van der Waals surface area contributed by atoms with Crippen LogP contribution in [0.1, 0.15) is 44.1 Å². The summed E-state index contributed by atoms with van der Waals surface area (Å²) in [6.07, 6.45) is 4.88. The fraction of sp³-hybridized carbons (Fsp3) is 0.611. The van der Waals surface area contributed by atoms with Crippen molar-refractivity contribution in [3.63, 3.8) is 0 Å². The number of hydrogen-bond donors (Lipinski definition) is 3. The van der Waals surface area contributed by atoms with Crippen LogP contribution in [0.25, 0.3) is 0 Å². The molecule has 0 aromatic heterocycles. The van der Waals surface area contributed by atoms with Crippen molar-refractivity contribution in [2.24, 2.45) is 11.8 Å². The highest BCUT2D eigenvalue weighted by atomic mass is 32.2. The van der Waals surface area contributed by atoms with Crippen LogP contribution in [0.5, 0.6) is 0 Å². The fourth-order valence-electron chi connectivity index (χ4n) is 5.53. The first kappa shape index (κ1) is 16.8. The first-order chi connectivity index (χ1) is 11.7. The summed E-state index contributed by atoms with van der Waals surface area (Å²) in [5.74, 6) is 0.834. The molecule has 0 spiro atoms. The van der Waals surface area contributed by atoms with Crippen molar-refractivity contribution >= 4 is 16.1 Å². The smallest absolute Gasteiger partial charge is 0.329 e. The maximum Gasteiger partial charge on any atom is 0.329 e. The number of aryl methyl sites for hydroxylation is 1. The van der Waals surface area contributed by atoms with Gasteiger partial charge in [-0.15, -0.1) is 0 Å². The second-order valence-electron chi connectivity index (χ2n) is 8.34. The molecule has 7 heteroatoms. The Morgan fingerprint density at radius 1 is 1.12 bits per heavy atom. The monoisotopic (exact) mass is 364 g/mol. The number of sulfonamides is 1. The largest absolute Gasteiger partial charge is 0.390 e. The van der Waals surface area contributed by atoms with E-state index < -0.39 is 27.2 Å². The molecule has 1 aromatic carbocycles. The number of hydrogen-bond acceptors (Lipinski definition) is 4. The maximum atomic E-state index is 12.4. The van der Waals surface area contributed by atoms with Gasteiger partial charge in [0.1, 0.15) is 0 Å². The highest BCUT2D eigenvalue weighted by Gasteiger charge is 2.57. The van der Waals surface area contributed by atoms with Crippen LogP contribution in [-0.2, 0) is 10.0 Å². The summed E-state index contributed by atoms with van der Waals surface area (Å²) in [6, 6.07) is 5.66. The lowest BCUT2D eigenvalue weighted by atomic mass is 9.51. The Labute approximate surface area is 148 Å². The van der Waals surface area contributed by atoms with Crippen molar-refractivity contribution < 1.29 is 18.3 Å². The first-order valence-corrected chi connectivity index (χ1v) is 10.3. The molecule has 4 atom stereocenters. The average molecular weight is 364 g/mol. The molecular weight excluding hydrogens is 340 g/mol. The molecule has 0 unspecified atom stereocenters. The second kappa shape index (κ2) is 5.45. The topological polar surface area (TPSA) is 95.5 Å². The molecule has 25 heavy (non-hydrogen) atoms. The highest BCUT2D eigenvalue weighted by molar-refractivity contribution is 7.90. The maximum absolute atomic E-state index is 12.4. The summed E-state index contributed by atoms with van der Waals surface area (Å²) >= 11 is 0. The molecule has 4 bridgehead atoms. The van der Waals surface area contributed by atoms with Crippen molar-refractivity contribution in [3.05, 3.63) is 29.8 Å². The van der Waals surface area contributed by atoms with Gasteiger partial charge in [-0.2, -0.15) is 0 Å². The molecule has 0 heterocycles. The summed E-state index contributed by atoms with van der Waals surface area (Å²) in [5.41, 5.74) is -0.232. The van der Waals surface area contributed by atoms with Crippen LogP contribution in [-0.4, -0.2) is 30.7 Å². The van der Waals surface area contributed by atoms with E-state index in [0.717, 1.165) is 37.7 Å². The van der Waals surface area contributed by atoms with E-state index in [1.165, 1.54) is 12.1 Å². The quantitative estimate of drug-likeness (QED) is 0.765. The zero-order chi connectivity index (χ0) is 17.9. The number of rotatable bonds is 3. The van der Waals surface area contributed by atoms with Crippen LogP contribution in [0.15, 0.2) is 29.2 Å². The Morgan fingerprint density at radius 2 is 1.72 bits per heavy atom.